The molecule has 0 aliphatic rings. The van der Waals surface area contributed by atoms with Crippen molar-refractivity contribution < 1.29 is 9.59 Å². The Labute approximate surface area is 114 Å². The SMILES string of the molecule is C=CCN(CC(=O)NCCc1ccccc1)C(C)=O. The van der Waals surface area contributed by atoms with Crippen molar-refractivity contribution in [3.63, 3.8) is 0 Å². The molecule has 0 fully saturated rings. The number of benzene rings is 1. The van der Waals surface area contributed by atoms with Crippen molar-refractivity contribution in [1.29, 1.82) is 0 Å². The molecule has 0 atom stereocenters. The Morgan fingerprint density at radius 2 is 2.00 bits per heavy atom. The Balaban J connectivity index is 2.31. The summed E-state index contributed by atoms with van der Waals surface area (Å²) in [7, 11) is 0. The highest BCUT2D eigenvalue weighted by molar-refractivity contribution is 5.83. The van der Waals surface area contributed by atoms with Gasteiger partial charge in [0.25, 0.3) is 0 Å². The number of hydrogen-bond donors (Lipinski definition) is 1. The number of carbonyl (C=O) groups is 2. The number of nitrogens with one attached hydrogen (secondary N) is 1. The maximum absolute atomic E-state index is 11.7. The van der Waals surface area contributed by atoms with Crippen LogP contribution >= 0.6 is 0 Å². The molecule has 0 aromatic heterocycles. The predicted octanol–water partition coefficient (Wildman–Crippen LogP) is 1.38. The van der Waals surface area contributed by atoms with E-state index in [4.69, 9.17) is 0 Å². The first-order valence-electron chi connectivity index (χ1n) is 6.30. The molecule has 4 heteroatoms. The fourth-order valence-corrected chi connectivity index (χ4v) is 1.68. The molecule has 0 bridgehead atoms. The van der Waals surface area contributed by atoms with Crippen molar-refractivity contribution in [2.24, 2.45) is 0 Å². The van der Waals surface area contributed by atoms with Crippen LogP contribution in [0.15, 0.2) is 43.0 Å². The second-order valence-electron chi connectivity index (χ2n) is 4.27. The quantitative estimate of drug-likeness (QED) is 0.753. The van der Waals surface area contributed by atoms with Crippen molar-refractivity contribution in [1.82, 2.24) is 10.2 Å². The highest BCUT2D eigenvalue weighted by Crippen LogP contribution is 1.98. The molecule has 1 aromatic carbocycles. The van der Waals surface area contributed by atoms with Crippen molar-refractivity contribution in [3.8, 4) is 0 Å². The van der Waals surface area contributed by atoms with Gasteiger partial charge in [0, 0.05) is 20.0 Å². The topological polar surface area (TPSA) is 49.4 Å². The van der Waals surface area contributed by atoms with E-state index in [1.54, 1.807) is 6.08 Å². The van der Waals surface area contributed by atoms with Gasteiger partial charge < -0.3 is 10.2 Å². The van der Waals surface area contributed by atoms with Crippen molar-refractivity contribution in [2.75, 3.05) is 19.6 Å². The molecule has 0 aliphatic carbocycles. The lowest BCUT2D eigenvalue weighted by Gasteiger charge is -2.18. The molecule has 0 radical (unpaired) electrons. The molecular formula is C15H20N2O2. The zero-order valence-electron chi connectivity index (χ0n) is 11.3. The Kier molecular flexibility index (Phi) is 6.36. The van der Waals surface area contributed by atoms with Gasteiger partial charge in [0.05, 0.1) is 6.54 Å². The molecule has 0 saturated carbocycles. The number of nitrogens with zero attached hydrogens (tertiary/aromatic N) is 1. The van der Waals surface area contributed by atoms with E-state index in [0.29, 0.717) is 13.1 Å². The standard InChI is InChI=1S/C15H20N2O2/c1-3-11-17(13(2)18)12-15(19)16-10-9-14-7-5-4-6-8-14/h3-8H,1,9-12H2,2H3,(H,16,19). The molecule has 0 unspecified atom stereocenters. The van der Waals surface area contributed by atoms with Gasteiger partial charge in [0.1, 0.15) is 0 Å². The predicted molar refractivity (Wildman–Crippen MR) is 75.6 cm³/mol. The molecule has 1 N–H and O–H groups in total. The Morgan fingerprint density at radius 1 is 1.32 bits per heavy atom. The highest BCUT2D eigenvalue weighted by atomic mass is 16.2. The van der Waals surface area contributed by atoms with Crippen molar-refractivity contribution in [2.45, 2.75) is 13.3 Å². The average molecular weight is 260 g/mol. The van der Waals surface area contributed by atoms with Crippen LogP contribution in [0.2, 0.25) is 0 Å². The molecule has 0 aliphatic heterocycles. The third-order valence-corrected chi connectivity index (χ3v) is 2.71. The van der Waals surface area contributed by atoms with Crippen LogP contribution in [0.3, 0.4) is 0 Å². The van der Waals surface area contributed by atoms with E-state index < -0.39 is 0 Å². The summed E-state index contributed by atoms with van der Waals surface area (Å²) in [5.74, 6) is -0.272. The molecule has 0 heterocycles. The summed E-state index contributed by atoms with van der Waals surface area (Å²) >= 11 is 0. The van der Waals surface area contributed by atoms with Crippen LogP contribution in [-0.4, -0.2) is 36.3 Å². The molecule has 102 valence electrons. The van der Waals surface area contributed by atoms with E-state index in [1.165, 1.54) is 17.4 Å². The minimum absolute atomic E-state index is 0.0795. The summed E-state index contributed by atoms with van der Waals surface area (Å²) < 4.78 is 0. The van der Waals surface area contributed by atoms with Gasteiger partial charge in [0.15, 0.2) is 0 Å². The molecular weight excluding hydrogens is 240 g/mol. The second-order valence-corrected chi connectivity index (χ2v) is 4.27. The third-order valence-electron chi connectivity index (χ3n) is 2.71. The third kappa shape index (κ3) is 5.86. The van der Waals surface area contributed by atoms with Gasteiger partial charge in [0.2, 0.25) is 11.8 Å². The zero-order valence-corrected chi connectivity index (χ0v) is 11.3. The summed E-state index contributed by atoms with van der Waals surface area (Å²) in [6, 6.07) is 9.94. The first-order valence-corrected chi connectivity index (χ1v) is 6.30. The van der Waals surface area contributed by atoms with Crippen molar-refractivity contribution in [3.05, 3.63) is 48.6 Å². The Morgan fingerprint density at radius 3 is 2.58 bits per heavy atom. The van der Waals surface area contributed by atoms with Gasteiger partial charge in [-0.15, -0.1) is 6.58 Å². The van der Waals surface area contributed by atoms with Gasteiger partial charge >= 0.3 is 0 Å². The van der Waals surface area contributed by atoms with E-state index in [0.717, 1.165) is 6.42 Å². The van der Waals surface area contributed by atoms with Crippen LogP contribution in [0.1, 0.15) is 12.5 Å². The Hall–Kier alpha value is -2.10. The maximum Gasteiger partial charge on any atom is 0.239 e. The van der Waals surface area contributed by atoms with Crippen LogP contribution in [-0.2, 0) is 16.0 Å². The molecule has 0 saturated heterocycles. The normalized spacial score (nSPS) is 9.74. The summed E-state index contributed by atoms with van der Waals surface area (Å²) in [5.41, 5.74) is 1.18. The minimum Gasteiger partial charge on any atom is -0.354 e. The van der Waals surface area contributed by atoms with E-state index >= 15 is 0 Å². The molecule has 2 amide bonds. The summed E-state index contributed by atoms with van der Waals surface area (Å²) in [6.07, 6.45) is 2.40. The average Bonchev–Trinajstić information content (AvgIpc) is 2.39. The van der Waals surface area contributed by atoms with Crippen LogP contribution in [0.4, 0.5) is 0 Å². The smallest absolute Gasteiger partial charge is 0.239 e. The molecule has 1 aromatic rings. The number of hydrogen-bond acceptors (Lipinski definition) is 2. The van der Waals surface area contributed by atoms with Gasteiger partial charge in [-0.1, -0.05) is 36.4 Å². The summed E-state index contributed by atoms with van der Waals surface area (Å²) in [5, 5.41) is 2.81. The number of carbonyl (C=O) groups excluding carboxylic acids is 2. The van der Waals surface area contributed by atoms with Crippen LogP contribution < -0.4 is 5.32 Å². The second kappa shape index (κ2) is 8.08. The number of rotatable bonds is 7. The monoisotopic (exact) mass is 260 g/mol. The lowest BCUT2D eigenvalue weighted by molar-refractivity contribution is -0.133. The first-order chi connectivity index (χ1) is 9.13. The van der Waals surface area contributed by atoms with Crippen molar-refractivity contribution >= 4 is 11.8 Å². The van der Waals surface area contributed by atoms with Gasteiger partial charge in [-0.2, -0.15) is 0 Å². The fraction of sp³-hybridized carbons (Fsp3) is 0.333. The first kappa shape index (κ1) is 15.0. The fourth-order valence-electron chi connectivity index (χ4n) is 1.68. The largest absolute Gasteiger partial charge is 0.354 e. The van der Waals surface area contributed by atoms with E-state index in [-0.39, 0.29) is 18.4 Å². The van der Waals surface area contributed by atoms with Gasteiger partial charge in [-0.3, -0.25) is 9.59 Å². The lowest BCUT2D eigenvalue weighted by atomic mass is 10.1. The van der Waals surface area contributed by atoms with Crippen LogP contribution in [0, 0.1) is 0 Å². The van der Waals surface area contributed by atoms with E-state index in [2.05, 4.69) is 11.9 Å². The van der Waals surface area contributed by atoms with Crippen LogP contribution in [0.5, 0.6) is 0 Å². The van der Waals surface area contributed by atoms with Crippen LogP contribution in [0.25, 0.3) is 0 Å². The molecule has 0 spiro atoms. The van der Waals surface area contributed by atoms with Gasteiger partial charge in [-0.05, 0) is 12.0 Å². The zero-order chi connectivity index (χ0) is 14.1. The Bertz CT molecular complexity index is 429. The van der Waals surface area contributed by atoms with E-state index in [9.17, 15) is 9.59 Å². The molecule has 4 nitrogen and oxygen atoms in total. The maximum atomic E-state index is 11.7. The lowest BCUT2D eigenvalue weighted by Crippen LogP contribution is -2.40. The highest BCUT2D eigenvalue weighted by Gasteiger charge is 2.11. The number of amides is 2. The molecule has 1 rings (SSSR count). The molecule has 19 heavy (non-hydrogen) atoms. The minimum atomic E-state index is -0.145. The summed E-state index contributed by atoms with van der Waals surface area (Å²) in [6.45, 7) is 6.05. The van der Waals surface area contributed by atoms with E-state index in [1.807, 2.05) is 30.3 Å². The summed E-state index contributed by atoms with van der Waals surface area (Å²) in [4.78, 5) is 24.4. The van der Waals surface area contributed by atoms with Gasteiger partial charge in [-0.25, -0.2) is 0 Å².